The minimum absolute atomic E-state index is 0.0126. The molecule has 1 atom stereocenters. The number of rotatable bonds is 12. The Morgan fingerprint density at radius 1 is 1.29 bits per heavy atom. The quantitative estimate of drug-likeness (QED) is 0.184. The summed E-state index contributed by atoms with van der Waals surface area (Å²) in [6.07, 6.45) is 2.62. The summed E-state index contributed by atoms with van der Waals surface area (Å²) >= 11 is 7.50. The molecule has 9 nitrogen and oxygen atoms in total. The largest absolute Gasteiger partial charge is 0.477 e. The molecule has 4 heterocycles. The van der Waals surface area contributed by atoms with Crippen LogP contribution in [0.3, 0.4) is 0 Å². The third-order valence-corrected chi connectivity index (χ3v) is 9.32. The summed E-state index contributed by atoms with van der Waals surface area (Å²) in [5.74, 6) is 0.793. The molecule has 42 heavy (non-hydrogen) atoms. The van der Waals surface area contributed by atoms with Gasteiger partial charge in [0.2, 0.25) is 5.88 Å². The monoisotopic (exact) mass is 625 g/mol. The van der Waals surface area contributed by atoms with Gasteiger partial charge in [-0.15, -0.1) is 5.10 Å². The van der Waals surface area contributed by atoms with Crippen LogP contribution in [0, 0.1) is 18.3 Å². The first kappa shape index (κ1) is 30.7. The van der Waals surface area contributed by atoms with Crippen molar-refractivity contribution in [2.45, 2.75) is 82.5 Å². The zero-order valence-corrected chi connectivity index (χ0v) is 25.4. The molecule has 1 aliphatic heterocycles. The fourth-order valence-corrected chi connectivity index (χ4v) is 6.24. The highest BCUT2D eigenvalue weighted by atomic mass is 35.5. The number of carbonyl (C=O) groups is 1. The average molecular weight is 626 g/mol. The molecule has 0 aromatic carbocycles. The number of aromatic nitrogens is 5. The molecule has 3 aromatic heterocycles. The lowest BCUT2D eigenvalue weighted by molar-refractivity contribution is -0.190. The SMILES string of the molecule is Cc1c(SNC(=O)c2ccc(-n3ccc(OCCC4(C(F)(F)F)CC4)n3)nc2Cl)cnn1CCCC1CNC(C)(C)C1. The summed E-state index contributed by atoms with van der Waals surface area (Å²) in [6, 6.07) is 4.66. The predicted molar refractivity (Wildman–Crippen MR) is 154 cm³/mol. The Bertz CT molecular complexity index is 1420. The van der Waals surface area contributed by atoms with Gasteiger partial charge >= 0.3 is 6.18 Å². The molecule has 14 heteroatoms. The van der Waals surface area contributed by atoms with Gasteiger partial charge in [-0.25, -0.2) is 9.67 Å². The molecule has 3 aromatic rings. The minimum atomic E-state index is -4.21. The summed E-state index contributed by atoms with van der Waals surface area (Å²) in [7, 11) is 0. The van der Waals surface area contributed by atoms with E-state index < -0.39 is 17.5 Å². The lowest BCUT2D eigenvalue weighted by atomic mass is 9.94. The number of hydrogen-bond acceptors (Lipinski definition) is 7. The maximum absolute atomic E-state index is 13.1. The van der Waals surface area contributed by atoms with Crippen LogP contribution in [-0.4, -0.2) is 55.3 Å². The molecule has 1 aliphatic carbocycles. The van der Waals surface area contributed by atoms with Gasteiger partial charge in [0.25, 0.3) is 5.91 Å². The van der Waals surface area contributed by atoms with Crippen LogP contribution >= 0.6 is 23.5 Å². The number of aryl methyl sites for hydroxylation is 1. The van der Waals surface area contributed by atoms with Crippen LogP contribution in [-0.2, 0) is 6.54 Å². The van der Waals surface area contributed by atoms with Crippen molar-refractivity contribution in [3.8, 4) is 11.7 Å². The second-order valence-corrected chi connectivity index (χ2v) is 13.0. The van der Waals surface area contributed by atoms with Gasteiger partial charge in [-0.05, 0) is 95.8 Å². The number of hydrogen-bond donors (Lipinski definition) is 2. The Morgan fingerprint density at radius 2 is 2.07 bits per heavy atom. The Labute approximate surface area is 252 Å². The average Bonchev–Trinajstić information content (AvgIpc) is 3.25. The number of nitrogens with one attached hydrogen (secondary N) is 2. The normalized spacial score (nSPS) is 19.2. The van der Waals surface area contributed by atoms with Crippen molar-refractivity contribution in [3.63, 3.8) is 0 Å². The first-order chi connectivity index (χ1) is 19.9. The number of nitrogens with zero attached hydrogens (tertiary/aromatic N) is 5. The Balaban J connectivity index is 1.10. The number of alkyl halides is 3. The number of pyridine rings is 1. The fourth-order valence-electron chi connectivity index (χ4n) is 5.34. The molecular formula is C28H35ClF3N7O2S. The lowest BCUT2D eigenvalue weighted by Gasteiger charge is -2.18. The van der Waals surface area contributed by atoms with Crippen molar-refractivity contribution in [1.29, 1.82) is 0 Å². The van der Waals surface area contributed by atoms with Crippen molar-refractivity contribution < 1.29 is 22.7 Å². The molecule has 2 fully saturated rings. The van der Waals surface area contributed by atoms with Crippen molar-refractivity contribution >= 4 is 29.5 Å². The Hall–Kier alpha value is -2.77. The molecule has 0 bridgehead atoms. The molecule has 1 saturated carbocycles. The molecule has 2 N–H and O–H groups in total. The second-order valence-electron chi connectivity index (χ2n) is 11.8. The van der Waals surface area contributed by atoms with E-state index in [1.54, 1.807) is 24.5 Å². The maximum Gasteiger partial charge on any atom is 0.394 e. The van der Waals surface area contributed by atoms with Gasteiger partial charge in [-0.3, -0.25) is 14.2 Å². The summed E-state index contributed by atoms with van der Waals surface area (Å²) in [4.78, 5) is 18.0. The second kappa shape index (κ2) is 12.1. The van der Waals surface area contributed by atoms with E-state index in [-0.39, 0.29) is 48.0 Å². The molecule has 5 rings (SSSR count). The Kier molecular flexibility index (Phi) is 8.82. The van der Waals surface area contributed by atoms with Crippen molar-refractivity contribution in [3.05, 3.63) is 47.0 Å². The van der Waals surface area contributed by atoms with Gasteiger partial charge in [0.1, 0.15) is 5.15 Å². The minimum Gasteiger partial charge on any atom is -0.477 e. The van der Waals surface area contributed by atoms with Gasteiger partial charge in [0.05, 0.1) is 34.4 Å². The highest BCUT2D eigenvalue weighted by Gasteiger charge is 2.62. The number of ether oxygens (including phenoxy) is 1. The van der Waals surface area contributed by atoms with Crippen molar-refractivity contribution in [2.75, 3.05) is 13.2 Å². The van der Waals surface area contributed by atoms with Crippen LogP contribution in [0.1, 0.15) is 68.4 Å². The first-order valence-corrected chi connectivity index (χ1v) is 15.2. The van der Waals surface area contributed by atoms with E-state index in [9.17, 15) is 18.0 Å². The van der Waals surface area contributed by atoms with Crippen LogP contribution < -0.4 is 14.8 Å². The highest BCUT2D eigenvalue weighted by Crippen LogP contribution is 2.59. The van der Waals surface area contributed by atoms with Gasteiger partial charge in [-0.1, -0.05) is 11.6 Å². The molecule has 0 radical (unpaired) electrons. The van der Waals surface area contributed by atoms with Gasteiger partial charge in [0.15, 0.2) is 5.82 Å². The molecule has 0 spiro atoms. The van der Waals surface area contributed by atoms with Crippen molar-refractivity contribution in [2.24, 2.45) is 11.3 Å². The van der Waals surface area contributed by atoms with Gasteiger partial charge < -0.3 is 10.1 Å². The Morgan fingerprint density at radius 3 is 2.74 bits per heavy atom. The highest BCUT2D eigenvalue weighted by molar-refractivity contribution is 7.98. The number of halogens is 4. The molecular weight excluding hydrogens is 591 g/mol. The van der Waals surface area contributed by atoms with E-state index in [1.165, 1.54) is 29.1 Å². The topological polar surface area (TPSA) is 98.9 Å². The van der Waals surface area contributed by atoms with Gasteiger partial charge in [0, 0.05) is 24.3 Å². The standard InChI is InChI=1S/C28H35ClF3N7O2S/c1-18-21(17-34-38(18)12-4-5-19-15-26(2,3)33-16-19)42-37-25(40)20-6-7-22(35-24(20)29)39-13-8-23(36-39)41-14-11-27(9-10-27)28(30,31)32/h6-8,13,17,19,33H,4-5,9-12,14-16H2,1-3H3,(H,37,40). The van der Waals surface area contributed by atoms with E-state index in [2.05, 4.69) is 39.1 Å². The summed E-state index contributed by atoms with van der Waals surface area (Å²) < 4.78 is 50.9. The summed E-state index contributed by atoms with van der Waals surface area (Å²) in [5.41, 5.74) is -0.235. The number of carbonyl (C=O) groups excluding carboxylic acids is 1. The maximum atomic E-state index is 13.1. The van der Waals surface area contributed by atoms with Crippen LogP contribution in [0.4, 0.5) is 13.2 Å². The fraction of sp³-hybridized carbons (Fsp3) is 0.571. The lowest BCUT2D eigenvalue weighted by Crippen LogP contribution is -2.31. The van der Waals surface area contributed by atoms with Crippen LogP contribution in [0.15, 0.2) is 35.5 Å². The van der Waals surface area contributed by atoms with Gasteiger partial charge in [-0.2, -0.15) is 18.3 Å². The molecule has 2 aliphatic rings. The van der Waals surface area contributed by atoms with E-state index in [0.717, 1.165) is 36.5 Å². The molecule has 228 valence electrons. The van der Waals surface area contributed by atoms with E-state index in [0.29, 0.717) is 11.7 Å². The first-order valence-electron chi connectivity index (χ1n) is 14.0. The van der Waals surface area contributed by atoms with Crippen molar-refractivity contribution in [1.82, 2.24) is 34.6 Å². The van der Waals surface area contributed by atoms with Crippen LogP contribution in [0.2, 0.25) is 5.15 Å². The number of amides is 1. The third-order valence-electron chi connectivity index (χ3n) is 8.13. The molecule has 1 unspecified atom stereocenters. The molecule has 1 saturated heterocycles. The summed E-state index contributed by atoms with van der Waals surface area (Å²) in [5, 5.41) is 12.3. The van der Waals surface area contributed by atoms with Crippen LogP contribution in [0.25, 0.3) is 5.82 Å². The zero-order valence-electron chi connectivity index (χ0n) is 23.8. The predicted octanol–water partition coefficient (Wildman–Crippen LogP) is 6.14. The third kappa shape index (κ3) is 7.05. The van der Waals surface area contributed by atoms with E-state index >= 15 is 0 Å². The van der Waals surface area contributed by atoms with E-state index in [1.807, 2.05) is 11.6 Å². The smallest absolute Gasteiger partial charge is 0.394 e. The molecule has 1 amide bonds. The van der Waals surface area contributed by atoms with Crippen LogP contribution in [0.5, 0.6) is 5.88 Å². The zero-order chi connectivity index (χ0) is 30.1. The van der Waals surface area contributed by atoms with E-state index in [4.69, 9.17) is 16.3 Å². The summed E-state index contributed by atoms with van der Waals surface area (Å²) in [6.45, 7) is 8.25.